The molecule has 0 spiro atoms. The highest BCUT2D eigenvalue weighted by molar-refractivity contribution is 7.13. The number of hydrogen-bond acceptors (Lipinski definition) is 5. The summed E-state index contributed by atoms with van der Waals surface area (Å²) >= 11 is 1.48. The van der Waals surface area contributed by atoms with Gasteiger partial charge < -0.3 is 4.90 Å². The molecule has 0 fully saturated rings. The van der Waals surface area contributed by atoms with Gasteiger partial charge in [-0.05, 0) is 31.2 Å². The molecule has 0 atom stereocenters. The van der Waals surface area contributed by atoms with Gasteiger partial charge >= 0.3 is 0 Å². The highest BCUT2D eigenvalue weighted by atomic mass is 32.1. The van der Waals surface area contributed by atoms with Crippen molar-refractivity contribution >= 4 is 27.8 Å². The summed E-state index contributed by atoms with van der Waals surface area (Å²) in [6.07, 6.45) is 7.97. The van der Waals surface area contributed by atoms with E-state index in [0.717, 1.165) is 25.3 Å². The molecule has 6 nitrogen and oxygen atoms in total. The van der Waals surface area contributed by atoms with Gasteiger partial charge in [-0.3, -0.25) is 0 Å². The Labute approximate surface area is 145 Å². The summed E-state index contributed by atoms with van der Waals surface area (Å²) in [4.78, 5) is 6.44. The molecular weight excluding hydrogens is 320 g/mol. The molecule has 0 aliphatic carbocycles. The number of benzene rings is 1. The monoisotopic (exact) mass is 341 g/mol. The topological polar surface area (TPSA) is 49.7 Å². The Bertz CT molecular complexity index is 776. The Morgan fingerprint density at radius 2 is 2.08 bits per heavy atom. The molecule has 124 valence electrons. The SMILES string of the molecule is CCN(CCn1cc[n+](C)c1)c1ccc(N=Nc2nccs2)cc1. The molecule has 3 aromatic rings. The molecule has 0 saturated carbocycles. The zero-order valence-electron chi connectivity index (χ0n) is 13.9. The van der Waals surface area contributed by atoms with Crippen molar-refractivity contribution in [3.63, 3.8) is 0 Å². The summed E-state index contributed by atoms with van der Waals surface area (Å²) in [6, 6.07) is 8.17. The summed E-state index contributed by atoms with van der Waals surface area (Å²) in [5.74, 6) is 0. The summed E-state index contributed by atoms with van der Waals surface area (Å²) in [7, 11) is 2.03. The number of aromatic nitrogens is 3. The lowest BCUT2D eigenvalue weighted by Gasteiger charge is -2.22. The smallest absolute Gasteiger partial charge is 0.243 e. The molecule has 0 radical (unpaired) electrons. The number of hydrogen-bond donors (Lipinski definition) is 0. The number of nitrogens with zero attached hydrogens (tertiary/aromatic N) is 6. The van der Waals surface area contributed by atoms with Gasteiger partial charge in [-0.25, -0.2) is 14.1 Å². The van der Waals surface area contributed by atoms with E-state index in [1.807, 2.05) is 24.6 Å². The summed E-state index contributed by atoms with van der Waals surface area (Å²) in [5, 5.41) is 10.9. The largest absolute Gasteiger partial charge is 0.368 e. The number of imidazole rings is 1. The highest BCUT2D eigenvalue weighted by Crippen LogP contribution is 2.23. The Morgan fingerprint density at radius 1 is 1.25 bits per heavy atom. The first-order chi connectivity index (χ1) is 11.7. The van der Waals surface area contributed by atoms with Crippen molar-refractivity contribution in [2.24, 2.45) is 17.3 Å². The second-order valence-electron chi connectivity index (χ2n) is 5.43. The van der Waals surface area contributed by atoms with E-state index < -0.39 is 0 Å². The second kappa shape index (κ2) is 7.83. The maximum Gasteiger partial charge on any atom is 0.243 e. The van der Waals surface area contributed by atoms with Gasteiger partial charge in [0, 0.05) is 23.8 Å². The van der Waals surface area contributed by atoms with Crippen LogP contribution < -0.4 is 9.47 Å². The molecule has 24 heavy (non-hydrogen) atoms. The van der Waals surface area contributed by atoms with Crippen molar-refractivity contribution in [3.05, 3.63) is 54.6 Å². The van der Waals surface area contributed by atoms with E-state index >= 15 is 0 Å². The van der Waals surface area contributed by atoms with Crippen LogP contribution in [0.4, 0.5) is 16.5 Å². The average Bonchev–Trinajstić information content (AvgIpc) is 3.26. The van der Waals surface area contributed by atoms with Crippen molar-refractivity contribution in [3.8, 4) is 0 Å². The molecule has 3 rings (SSSR count). The molecule has 1 aromatic carbocycles. The number of anilines is 1. The zero-order valence-corrected chi connectivity index (χ0v) is 14.7. The molecule has 0 aliphatic heterocycles. The molecule has 0 bridgehead atoms. The Kier molecular flexibility index (Phi) is 5.32. The molecule has 0 saturated heterocycles. The van der Waals surface area contributed by atoms with E-state index in [1.165, 1.54) is 17.0 Å². The Balaban J connectivity index is 1.62. The van der Waals surface area contributed by atoms with Gasteiger partial charge in [-0.2, -0.15) is 0 Å². The number of rotatable bonds is 7. The number of aryl methyl sites for hydroxylation is 1. The molecule has 0 amide bonds. The molecular formula is C17H21N6S+. The van der Waals surface area contributed by atoms with Crippen LogP contribution in [0, 0.1) is 0 Å². The average molecular weight is 341 g/mol. The van der Waals surface area contributed by atoms with Crippen LogP contribution in [0.2, 0.25) is 0 Å². The van der Waals surface area contributed by atoms with E-state index in [-0.39, 0.29) is 0 Å². The number of thiazole rings is 1. The molecule has 0 N–H and O–H groups in total. The second-order valence-corrected chi connectivity index (χ2v) is 6.30. The summed E-state index contributed by atoms with van der Waals surface area (Å²) in [6.45, 7) is 5.06. The fourth-order valence-corrected chi connectivity index (χ4v) is 2.89. The van der Waals surface area contributed by atoms with E-state index in [2.05, 4.69) is 67.0 Å². The van der Waals surface area contributed by atoms with Gasteiger partial charge in [0.1, 0.15) is 18.9 Å². The summed E-state index contributed by atoms with van der Waals surface area (Å²) < 4.78 is 4.25. The fraction of sp³-hybridized carbons (Fsp3) is 0.294. The van der Waals surface area contributed by atoms with Crippen molar-refractivity contribution in [2.75, 3.05) is 18.0 Å². The molecule has 2 heterocycles. The lowest BCUT2D eigenvalue weighted by Crippen LogP contribution is -2.28. The third kappa shape index (κ3) is 4.26. The van der Waals surface area contributed by atoms with Gasteiger partial charge in [-0.1, -0.05) is 0 Å². The lowest BCUT2D eigenvalue weighted by molar-refractivity contribution is -0.671. The van der Waals surface area contributed by atoms with Crippen LogP contribution in [0.25, 0.3) is 0 Å². The van der Waals surface area contributed by atoms with Crippen molar-refractivity contribution < 1.29 is 4.57 Å². The highest BCUT2D eigenvalue weighted by Gasteiger charge is 2.07. The molecule has 0 unspecified atom stereocenters. The lowest BCUT2D eigenvalue weighted by atomic mass is 10.2. The van der Waals surface area contributed by atoms with Crippen LogP contribution in [0.5, 0.6) is 0 Å². The predicted molar refractivity (Wildman–Crippen MR) is 96.2 cm³/mol. The zero-order chi connectivity index (χ0) is 16.8. The Hall–Kier alpha value is -2.54. The van der Waals surface area contributed by atoms with Crippen molar-refractivity contribution in [1.29, 1.82) is 0 Å². The predicted octanol–water partition coefficient (Wildman–Crippen LogP) is 3.71. The van der Waals surface area contributed by atoms with Crippen molar-refractivity contribution in [2.45, 2.75) is 13.5 Å². The van der Waals surface area contributed by atoms with Crippen LogP contribution in [-0.2, 0) is 13.6 Å². The molecule has 7 heteroatoms. The van der Waals surface area contributed by atoms with Gasteiger partial charge in [0.25, 0.3) is 0 Å². The quantitative estimate of drug-likeness (QED) is 0.486. The maximum absolute atomic E-state index is 4.22. The van der Waals surface area contributed by atoms with Crippen molar-refractivity contribution in [1.82, 2.24) is 9.55 Å². The standard InChI is InChI=1S/C17H21N6S/c1-3-23(12-11-22-10-9-21(2)14-22)16-6-4-15(5-7-16)19-20-17-18-8-13-24-17/h4-10,13-14H,3,11-12H2,1-2H3/q+1. The van der Waals surface area contributed by atoms with Crippen LogP contribution in [0.15, 0.2) is 64.8 Å². The van der Waals surface area contributed by atoms with E-state index in [1.54, 1.807) is 6.20 Å². The third-order valence-corrected chi connectivity index (χ3v) is 4.37. The first-order valence-corrected chi connectivity index (χ1v) is 8.80. The third-order valence-electron chi connectivity index (χ3n) is 3.72. The van der Waals surface area contributed by atoms with Gasteiger partial charge in [0.2, 0.25) is 11.5 Å². The minimum Gasteiger partial charge on any atom is -0.368 e. The molecule has 0 aliphatic rings. The van der Waals surface area contributed by atoms with Gasteiger partial charge in [0.05, 0.1) is 19.3 Å². The molecule has 2 aromatic heterocycles. The van der Waals surface area contributed by atoms with Gasteiger partial charge in [0.15, 0.2) is 0 Å². The van der Waals surface area contributed by atoms with Crippen LogP contribution in [0.3, 0.4) is 0 Å². The maximum atomic E-state index is 4.22. The van der Waals surface area contributed by atoms with E-state index in [4.69, 9.17) is 0 Å². The Morgan fingerprint density at radius 3 is 2.71 bits per heavy atom. The first kappa shape index (κ1) is 16.3. The minimum atomic E-state index is 0.675. The summed E-state index contributed by atoms with van der Waals surface area (Å²) in [5.41, 5.74) is 2.03. The van der Waals surface area contributed by atoms with Crippen LogP contribution in [-0.4, -0.2) is 22.6 Å². The van der Waals surface area contributed by atoms with E-state index in [0.29, 0.717) is 5.13 Å². The fourth-order valence-electron chi connectivity index (χ4n) is 2.44. The minimum absolute atomic E-state index is 0.675. The normalized spacial score (nSPS) is 11.2. The van der Waals surface area contributed by atoms with Crippen LogP contribution >= 0.6 is 11.3 Å². The number of azo groups is 1. The van der Waals surface area contributed by atoms with E-state index in [9.17, 15) is 0 Å². The van der Waals surface area contributed by atoms with Gasteiger partial charge in [-0.15, -0.1) is 21.6 Å². The van der Waals surface area contributed by atoms with Crippen LogP contribution in [0.1, 0.15) is 6.92 Å². The number of likely N-dealkylation sites (N-methyl/N-ethyl adjacent to an activating group) is 1. The first-order valence-electron chi connectivity index (χ1n) is 7.92.